The zero-order valence-electron chi connectivity index (χ0n) is 14.1. The first kappa shape index (κ1) is 17.4. The molecule has 2 aromatic heterocycles. The van der Waals surface area contributed by atoms with Crippen LogP contribution in [0, 0.1) is 0 Å². The maximum Gasteiger partial charge on any atom is 0.159 e. The number of nitrogens with zero attached hydrogens (tertiary/aromatic N) is 5. The molecule has 0 aliphatic carbocycles. The Kier molecular flexibility index (Phi) is 5.13. The highest BCUT2D eigenvalue weighted by atomic mass is 79.9. The maximum atomic E-state index is 6.21. The Balaban J connectivity index is 1.84. The molecule has 3 heterocycles. The Bertz CT molecular complexity index is 952. The third-order valence-corrected chi connectivity index (χ3v) is 5.08. The Morgan fingerprint density at radius 3 is 2.69 bits per heavy atom. The van der Waals surface area contributed by atoms with Crippen molar-refractivity contribution in [3.63, 3.8) is 0 Å². The average Bonchev–Trinajstić information content (AvgIpc) is 2.98. The summed E-state index contributed by atoms with van der Waals surface area (Å²) >= 11 is 9.70. The van der Waals surface area contributed by atoms with Crippen LogP contribution in [0.15, 0.2) is 47.5 Å². The van der Waals surface area contributed by atoms with Crippen LogP contribution in [0.1, 0.15) is 35.7 Å². The summed E-state index contributed by atoms with van der Waals surface area (Å²) in [4.78, 5) is 9.39. The molecule has 4 rings (SSSR count). The van der Waals surface area contributed by atoms with Crippen molar-refractivity contribution < 1.29 is 0 Å². The molecule has 0 spiro atoms. The standard InChI is InChI=1S/C19H17BrClN5/c20-11-5-4-8-16-24-25-17-12-22-18(13-6-2-1-3-7-13)19-14(26(16)17)9-10-15(21)23-19/h1-3,6-7,9-10H,4-5,8,11-12H2. The van der Waals surface area contributed by atoms with E-state index in [0.717, 1.165) is 58.9 Å². The summed E-state index contributed by atoms with van der Waals surface area (Å²) in [5.41, 5.74) is 3.55. The molecule has 3 aromatic rings. The molecule has 0 radical (unpaired) electrons. The fourth-order valence-electron chi connectivity index (χ4n) is 3.11. The van der Waals surface area contributed by atoms with Crippen molar-refractivity contribution in [2.45, 2.75) is 25.8 Å². The van der Waals surface area contributed by atoms with Gasteiger partial charge in [-0.1, -0.05) is 57.9 Å². The van der Waals surface area contributed by atoms with Gasteiger partial charge in [-0.15, -0.1) is 10.2 Å². The highest BCUT2D eigenvalue weighted by molar-refractivity contribution is 9.09. The van der Waals surface area contributed by atoms with Gasteiger partial charge in [0.05, 0.1) is 11.4 Å². The molecule has 132 valence electrons. The molecule has 5 nitrogen and oxygen atoms in total. The molecule has 1 aliphatic heterocycles. The third-order valence-electron chi connectivity index (χ3n) is 4.31. The SMILES string of the molecule is Clc1ccc2c(n1)C(c1ccccc1)=NCc1nnc(CCCCBr)n1-2. The molecule has 0 amide bonds. The zero-order chi connectivity index (χ0) is 17.9. The van der Waals surface area contributed by atoms with Crippen LogP contribution in [0.4, 0.5) is 0 Å². The second-order valence-corrected chi connectivity index (χ2v) is 7.23. The summed E-state index contributed by atoms with van der Waals surface area (Å²) in [5.74, 6) is 1.77. The number of unbranched alkanes of at least 4 members (excludes halogenated alkanes) is 1. The Morgan fingerprint density at radius 2 is 1.88 bits per heavy atom. The van der Waals surface area contributed by atoms with E-state index in [0.29, 0.717) is 11.7 Å². The van der Waals surface area contributed by atoms with Crippen molar-refractivity contribution in [3.8, 4) is 5.69 Å². The van der Waals surface area contributed by atoms with Crippen molar-refractivity contribution in [2.75, 3.05) is 5.33 Å². The lowest BCUT2D eigenvalue weighted by Crippen LogP contribution is -2.12. The number of hydrogen-bond donors (Lipinski definition) is 0. The first-order chi connectivity index (χ1) is 12.8. The van der Waals surface area contributed by atoms with Crippen LogP contribution < -0.4 is 0 Å². The molecule has 0 fully saturated rings. The average molecular weight is 431 g/mol. The summed E-state index contributed by atoms with van der Waals surface area (Å²) < 4.78 is 2.09. The van der Waals surface area contributed by atoms with Crippen LogP contribution in [0.2, 0.25) is 5.15 Å². The fraction of sp³-hybridized carbons (Fsp3) is 0.263. The van der Waals surface area contributed by atoms with Crippen molar-refractivity contribution in [3.05, 3.63) is 70.5 Å². The van der Waals surface area contributed by atoms with Gasteiger partial charge in [-0.2, -0.15) is 0 Å². The van der Waals surface area contributed by atoms with Crippen molar-refractivity contribution in [2.24, 2.45) is 4.99 Å². The fourth-order valence-corrected chi connectivity index (χ4v) is 3.65. The van der Waals surface area contributed by atoms with Gasteiger partial charge in [0.15, 0.2) is 5.82 Å². The van der Waals surface area contributed by atoms with Crippen LogP contribution in [-0.2, 0) is 13.0 Å². The van der Waals surface area contributed by atoms with Gasteiger partial charge in [0.25, 0.3) is 0 Å². The van der Waals surface area contributed by atoms with E-state index in [1.54, 1.807) is 6.07 Å². The molecule has 26 heavy (non-hydrogen) atoms. The number of halogens is 2. The number of aliphatic imine (C=N–C) groups is 1. The van der Waals surface area contributed by atoms with E-state index in [4.69, 9.17) is 16.6 Å². The van der Waals surface area contributed by atoms with Crippen LogP contribution in [0.3, 0.4) is 0 Å². The van der Waals surface area contributed by atoms with E-state index >= 15 is 0 Å². The van der Waals surface area contributed by atoms with Gasteiger partial charge < -0.3 is 0 Å². The molecule has 7 heteroatoms. The largest absolute Gasteiger partial charge is 0.279 e. The van der Waals surface area contributed by atoms with E-state index in [1.807, 2.05) is 36.4 Å². The molecule has 1 aliphatic rings. The molecule has 0 saturated carbocycles. The van der Waals surface area contributed by atoms with Gasteiger partial charge >= 0.3 is 0 Å². The van der Waals surface area contributed by atoms with E-state index in [-0.39, 0.29) is 0 Å². The summed E-state index contributed by atoms with van der Waals surface area (Å²) in [7, 11) is 0. The molecule has 0 bridgehead atoms. The number of alkyl halides is 1. The molecule has 0 atom stereocenters. The molecule has 0 N–H and O–H groups in total. The monoisotopic (exact) mass is 429 g/mol. The quantitative estimate of drug-likeness (QED) is 0.343. The predicted octanol–water partition coefficient (Wildman–Crippen LogP) is 4.38. The number of rotatable bonds is 5. The second-order valence-electron chi connectivity index (χ2n) is 6.05. The second kappa shape index (κ2) is 7.68. The highest BCUT2D eigenvalue weighted by Crippen LogP contribution is 2.26. The summed E-state index contributed by atoms with van der Waals surface area (Å²) in [6, 6.07) is 13.8. The Labute approximate surface area is 165 Å². The molecule has 0 unspecified atom stereocenters. The minimum Gasteiger partial charge on any atom is -0.279 e. The lowest BCUT2D eigenvalue weighted by atomic mass is 10.1. The lowest BCUT2D eigenvalue weighted by molar-refractivity contribution is 0.735. The highest BCUT2D eigenvalue weighted by Gasteiger charge is 2.24. The van der Waals surface area contributed by atoms with E-state index in [9.17, 15) is 0 Å². The zero-order valence-corrected chi connectivity index (χ0v) is 16.4. The van der Waals surface area contributed by atoms with Gasteiger partial charge in [0, 0.05) is 17.3 Å². The van der Waals surface area contributed by atoms with Gasteiger partial charge in [-0.3, -0.25) is 9.56 Å². The number of aromatic nitrogens is 4. The number of hydrogen-bond acceptors (Lipinski definition) is 4. The van der Waals surface area contributed by atoms with Crippen molar-refractivity contribution in [1.29, 1.82) is 0 Å². The predicted molar refractivity (Wildman–Crippen MR) is 107 cm³/mol. The normalized spacial score (nSPS) is 12.9. The van der Waals surface area contributed by atoms with Crippen LogP contribution in [0.25, 0.3) is 5.69 Å². The first-order valence-electron chi connectivity index (χ1n) is 8.54. The number of fused-ring (bicyclic) bond motifs is 3. The minimum atomic E-state index is 0.449. The van der Waals surface area contributed by atoms with E-state index < -0.39 is 0 Å². The lowest BCUT2D eigenvalue weighted by Gasteiger charge is -2.13. The van der Waals surface area contributed by atoms with Crippen LogP contribution >= 0.6 is 27.5 Å². The third kappa shape index (κ3) is 3.31. The van der Waals surface area contributed by atoms with Gasteiger partial charge in [0.2, 0.25) is 0 Å². The molecular formula is C19H17BrClN5. The number of pyridine rings is 1. The molecule has 0 saturated heterocycles. The summed E-state index contributed by atoms with van der Waals surface area (Å²) in [5, 5.41) is 10.2. The van der Waals surface area contributed by atoms with Gasteiger partial charge in [-0.25, -0.2) is 4.98 Å². The Morgan fingerprint density at radius 1 is 1.04 bits per heavy atom. The topological polar surface area (TPSA) is 56.0 Å². The van der Waals surface area contributed by atoms with Crippen LogP contribution in [0.5, 0.6) is 0 Å². The molecule has 1 aromatic carbocycles. The van der Waals surface area contributed by atoms with Crippen LogP contribution in [-0.4, -0.2) is 30.8 Å². The minimum absolute atomic E-state index is 0.449. The number of aryl methyl sites for hydroxylation is 1. The van der Waals surface area contributed by atoms with E-state index in [1.165, 1.54) is 0 Å². The van der Waals surface area contributed by atoms with Crippen molar-refractivity contribution in [1.82, 2.24) is 19.7 Å². The smallest absolute Gasteiger partial charge is 0.159 e. The summed E-state index contributed by atoms with van der Waals surface area (Å²) in [6.45, 7) is 0.462. The van der Waals surface area contributed by atoms with Crippen molar-refractivity contribution >= 4 is 33.2 Å². The maximum absolute atomic E-state index is 6.21. The first-order valence-corrected chi connectivity index (χ1v) is 10.0. The van der Waals surface area contributed by atoms with Gasteiger partial charge in [0.1, 0.15) is 23.2 Å². The van der Waals surface area contributed by atoms with E-state index in [2.05, 4.69) is 35.7 Å². The molecular weight excluding hydrogens is 414 g/mol. The summed E-state index contributed by atoms with van der Waals surface area (Å²) in [6.07, 6.45) is 3.01. The Hall–Kier alpha value is -2.05. The number of benzene rings is 1. The van der Waals surface area contributed by atoms with Gasteiger partial charge in [-0.05, 0) is 25.0 Å².